The fourth-order valence-corrected chi connectivity index (χ4v) is 3.06. The Hall–Kier alpha value is -2.81. The van der Waals surface area contributed by atoms with Gasteiger partial charge in [0.05, 0.1) is 20.0 Å². The van der Waals surface area contributed by atoms with Gasteiger partial charge in [-0.3, -0.25) is 9.59 Å². The van der Waals surface area contributed by atoms with E-state index in [1.807, 2.05) is 19.9 Å². The second kappa shape index (κ2) is 9.93. The molecule has 1 heterocycles. The molecule has 0 aliphatic carbocycles. The maximum Gasteiger partial charge on any atom is 0.317 e. The van der Waals surface area contributed by atoms with Crippen molar-refractivity contribution < 1.29 is 23.8 Å². The second-order valence-corrected chi connectivity index (χ2v) is 6.86. The van der Waals surface area contributed by atoms with E-state index in [4.69, 9.17) is 14.2 Å². The number of esters is 1. The molecule has 1 amide bonds. The van der Waals surface area contributed by atoms with Crippen molar-refractivity contribution in [3.05, 3.63) is 35.7 Å². The Bertz CT molecular complexity index is 839. The molecular formula is C19H23N3O5S. The first-order valence-corrected chi connectivity index (χ1v) is 9.48. The van der Waals surface area contributed by atoms with Gasteiger partial charge in [0.15, 0.2) is 22.8 Å². The normalized spacial score (nSPS) is 11.5. The number of aryl methyl sites for hydroxylation is 2. The molecule has 2 aromatic rings. The number of hydrogen-bond acceptors (Lipinski definition) is 8. The second-order valence-electron chi connectivity index (χ2n) is 5.91. The molecule has 0 aliphatic heterocycles. The minimum Gasteiger partial charge on any atom is -0.493 e. The van der Waals surface area contributed by atoms with Crippen LogP contribution in [0.1, 0.15) is 18.3 Å². The molecule has 1 aromatic heterocycles. The lowest BCUT2D eigenvalue weighted by Gasteiger charge is -2.14. The smallest absolute Gasteiger partial charge is 0.317 e. The van der Waals surface area contributed by atoms with Crippen LogP contribution in [-0.2, 0) is 14.3 Å². The van der Waals surface area contributed by atoms with E-state index in [9.17, 15) is 9.59 Å². The van der Waals surface area contributed by atoms with Gasteiger partial charge in [-0.1, -0.05) is 11.8 Å². The van der Waals surface area contributed by atoms with Crippen LogP contribution in [0, 0.1) is 13.8 Å². The van der Waals surface area contributed by atoms with E-state index in [-0.39, 0.29) is 5.75 Å². The number of thioether (sulfide) groups is 1. The predicted octanol–water partition coefficient (Wildman–Crippen LogP) is 2.77. The lowest BCUT2D eigenvalue weighted by Crippen LogP contribution is -2.30. The zero-order valence-electron chi connectivity index (χ0n) is 16.4. The highest BCUT2D eigenvalue weighted by molar-refractivity contribution is 7.99. The predicted molar refractivity (Wildman–Crippen MR) is 106 cm³/mol. The van der Waals surface area contributed by atoms with Crippen LogP contribution in [0.15, 0.2) is 29.4 Å². The lowest BCUT2D eigenvalue weighted by atomic mass is 10.2. The number of rotatable bonds is 8. The Labute approximate surface area is 168 Å². The molecule has 28 heavy (non-hydrogen) atoms. The van der Waals surface area contributed by atoms with Crippen molar-refractivity contribution in [3.8, 4) is 11.5 Å². The van der Waals surface area contributed by atoms with E-state index in [1.165, 1.54) is 21.1 Å². The molecule has 8 nitrogen and oxygen atoms in total. The third kappa shape index (κ3) is 6.12. The summed E-state index contributed by atoms with van der Waals surface area (Å²) in [5.41, 5.74) is 2.15. The summed E-state index contributed by atoms with van der Waals surface area (Å²) in [4.78, 5) is 32.8. The fourth-order valence-electron chi connectivity index (χ4n) is 2.32. The minimum absolute atomic E-state index is 0.0108. The molecule has 9 heteroatoms. The van der Waals surface area contributed by atoms with Gasteiger partial charge in [0.2, 0.25) is 0 Å². The number of ether oxygens (including phenoxy) is 3. The van der Waals surface area contributed by atoms with Crippen molar-refractivity contribution in [3.63, 3.8) is 0 Å². The maximum absolute atomic E-state index is 12.3. The number of anilines is 1. The highest BCUT2D eigenvalue weighted by Gasteiger charge is 2.19. The minimum atomic E-state index is -0.957. The van der Waals surface area contributed by atoms with Gasteiger partial charge in [-0.25, -0.2) is 9.97 Å². The van der Waals surface area contributed by atoms with Crippen LogP contribution in [-0.4, -0.2) is 47.9 Å². The molecule has 0 saturated heterocycles. The SMILES string of the molecule is COc1ccc(NC(=O)[C@H](C)OC(=O)CSc2nc(C)cc(C)n2)cc1OC. The molecule has 1 atom stereocenters. The Morgan fingerprint density at radius 3 is 2.32 bits per heavy atom. The molecule has 1 aromatic carbocycles. The van der Waals surface area contributed by atoms with Crippen molar-refractivity contribution in [1.82, 2.24) is 9.97 Å². The average molecular weight is 405 g/mol. The average Bonchev–Trinajstić information content (AvgIpc) is 2.65. The van der Waals surface area contributed by atoms with E-state index in [1.54, 1.807) is 18.2 Å². The molecule has 0 unspecified atom stereocenters. The Morgan fingerprint density at radius 2 is 1.71 bits per heavy atom. The van der Waals surface area contributed by atoms with Gasteiger partial charge < -0.3 is 19.5 Å². The first-order valence-electron chi connectivity index (χ1n) is 8.50. The Morgan fingerprint density at radius 1 is 1.07 bits per heavy atom. The van der Waals surface area contributed by atoms with Crippen LogP contribution in [0.25, 0.3) is 0 Å². The first kappa shape index (κ1) is 21.5. The molecule has 150 valence electrons. The monoisotopic (exact) mass is 405 g/mol. The van der Waals surface area contributed by atoms with Gasteiger partial charge in [-0.2, -0.15) is 0 Å². The van der Waals surface area contributed by atoms with Crippen molar-refractivity contribution >= 4 is 29.3 Å². The maximum atomic E-state index is 12.3. The summed E-state index contributed by atoms with van der Waals surface area (Å²) in [6.45, 7) is 5.22. The highest BCUT2D eigenvalue weighted by Crippen LogP contribution is 2.29. The summed E-state index contributed by atoms with van der Waals surface area (Å²) in [5, 5.41) is 3.18. The number of methoxy groups -OCH3 is 2. The molecule has 1 N–H and O–H groups in total. The number of carbonyl (C=O) groups is 2. The number of aromatic nitrogens is 2. The highest BCUT2D eigenvalue weighted by atomic mass is 32.2. The summed E-state index contributed by atoms with van der Waals surface area (Å²) < 4.78 is 15.5. The van der Waals surface area contributed by atoms with Crippen LogP contribution in [0.2, 0.25) is 0 Å². The molecule has 0 spiro atoms. The molecule has 2 rings (SSSR count). The van der Waals surface area contributed by atoms with Crippen molar-refractivity contribution in [1.29, 1.82) is 0 Å². The van der Waals surface area contributed by atoms with Crippen LogP contribution < -0.4 is 14.8 Å². The van der Waals surface area contributed by atoms with Gasteiger partial charge in [0.25, 0.3) is 5.91 Å². The third-order valence-electron chi connectivity index (χ3n) is 3.61. The molecule has 0 radical (unpaired) electrons. The van der Waals surface area contributed by atoms with Gasteiger partial charge in [0, 0.05) is 23.1 Å². The van der Waals surface area contributed by atoms with Crippen molar-refractivity contribution in [2.45, 2.75) is 32.0 Å². The summed E-state index contributed by atoms with van der Waals surface area (Å²) in [5.74, 6) is 0.0630. The van der Waals surface area contributed by atoms with Gasteiger partial charge >= 0.3 is 5.97 Å². The number of amides is 1. The van der Waals surface area contributed by atoms with Gasteiger partial charge in [-0.05, 0) is 39.0 Å². The summed E-state index contributed by atoms with van der Waals surface area (Å²) >= 11 is 1.16. The van der Waals surface area contributed by atoms with E-state index in [0.717, 1.165) is 23.1 Å². The van der Waals surface area contributed by atoms with Crippen LogP contribution in [0.5, 0.6) is 11.5 Å². The quantitative estimate of drug-likeness (QED) is 0.407. The fraction of sp³-hybridized carbons (Fsp3) is 0.368. The van der Waals surface area contributed by atoms with E-state index >= 15 is 0 Å². The van der Waals surface area contributed by atoms with Crippen molar-refractivity contribution in [2.24, 2.45) is 0 Å². The zero-order valence-corrected chi connectivity index (χ0v) is 17.3. The first-order chi connectivity index (χ1) is 13.3. The van der Waals surface area contributed by atoms with Gasteiger partial charge in [0.1, 0.15) is 0 Å². The number of carbonyl (C=O) groups excluding carboxylic acids is 2. The standard InChI is InChI=1S/C19H23N3O5S/c1-11-8-12(2)21-19(20-11)28-10-17(23)27-13(3)18(24)22-14-6-7-15(25-4)16(9-14)26-5/h6-9,13H,10H2,1-5H3,(H,22,24)/t13-/m0/s1. The topological polar surface area (TPSA) is 99.6 Å². The summed E-state index contributed by atoms with van der Waals surface area (Å²) in [6, 6.07) is 6.81. The summed E-state index contributed by atoms with van der Waals surface area (Å²) in [7, 11) is 3.03. The number of nitrogens with one attached hydrogen (secondary N) is 1. The van der Waals surface area contributed by atoms with E-state index in [0.29, 0.717) is 22.3 Å². The van der Waals surface area contributed by atoms with Gasteiger partial charge in [-0.15, -0.1) is 0 Å². The number of nitrogens with zero attached hydrogens (tertiary/aromatic N) is 2. The Kier molecular flexibility index (Phi) is 7.62. The molecule has 0 fully saturated rings. The van der Waals surface area contributed by atoms with E-state index in [2.05, 4.69) is 15.3 Å². The lowest BCUT2D eigenvalue weighted by molar-refractivity contribution is -0.150. The largest absolute Gasteiger partial charge is 0.493 e. The zero-order chi connectivity index (χ0) is 20.7. The third-order valence-corrected chi connectivity index (χ3v) is 4.43. The van der Waals surface area contributed by atoms with Crippen LogP contribution >= 0.6 is 11.8 Å². The van der Waals surface area contributed by atoms with Crippen LogP contribution in [0.3, 0.4) is 0 Å². The van der Waals surface area contributed by atoms with E-state index < -0.39 is 18.0 Å². The molecule has 0 aliphatic rings. The molecule has 0 saturated carbocycles. The Balaban J connectivity index is 1.88. The summed E-state index contributed by atoms with van der Waals surface area (Å²) in [6.07, 6.45) is -0.957. The number of benzene rings is 1. The number of hydrogen-bond donors (Lipinski definition) is 1. The molecule has 0 bridgehead atoms. The van der Waals surface area contributed by atoms with Crippen LogP contribution in [0.4, 0.5) is 5.69 Å². The van der Waals surface area contributed by atoms with Crippen molar-refractivity contribution in [2.75, 3.05) is 25.3 Å². The molecular weight excluding hydrogens is 382 g/mol.